The lowest BCUT2D eigenvalue weighted by atomic mass is 10.0. The fourth-order valence-electron chi connectivity index (χ4n) is 2.58. The van der Waals surface area contributed by atoms with Crippen molar-refractivity contribution in [2.75, 3.05) is 7.11 Å². The van der Waals surface area contributed by atoms with Gasteiger partial charge in [-0.15, -0.1) is 0 Å². The van der Waals surface area contributed by atoms with Gasteiger partial charge in [0.25, 0.3) is 0 Å². The van der Waals surface area contributed by atoms with Gasteiger partial charge >= 0.3 is 0 Å². The summed E-state index contributed by atoms with van der Waals surface area (Å²) in [6.45, 7) is 0. The zero-order chi connectivity index (χ0) is 14.9. The van der Waals surface area contributed by atoms with Crippen LogP contribution >= 0.6 is 0 Å². The smallest absolute Gasteiger partial charge is 0.136 e. The Labute approximate surface area is 127 Å². The molecule has 0 fully saturated rings. The zero-order valence-corrected chi connectivity index (χ0v) is 12.0. The normalized spacial score (nSPS) is 11.0. The standard InChI is InChI=1S/C17H14N4O/c1-22-14-4-2-3-12(9-14)17-15(10-19-20-17)13-5-6-16-18-7-8-21(16)11-13/h2-11H,1H3,(H,19,20). The van der Waals surface area contributed by atoms with E-state index in [2.05, 4.69) is 27.4 Å². The molecule has 3 aromatic heterocycles. The van der Waals surface area contributed by atoms with Crippen LogP contribution in [0.2, 0.25) is 0 Å². The summed E-state index contributed by atoms with van der Waals surface area (Å²) in [5.41, 5.74) is 5.06. The number of imidazole rings is 1. The fourth-order valence-corrected chi connectivity index (χ4v) is 2.58. The van der Waals surface area contributed by atoms with Crippen molar-refractivity contribution in [1.82, 2.24) is 19.6 Å². The lowest BCUT2D eigenvalue weighted by molar-refractivity contribution is 0.415. The minimum atomic E-state index is 0.822. The monoisotopic (exact) mass is 290 g/mol. The van der Waals surface area contributed by atoms with E-state index in [1.807, 2.05) is 47.1 Å². The number of nitrogens with one attached hydrogen (secondary N) is 1. The number of ether oxygens (including phenoxy) is 1. The van der Waals surface area contributed by atoms with E-state index < -0.39 is 0 Å². The molecule has 0 atom stereocenters. The molecule has 0 bridgehead atoms. The van der Waals surface area contributed by atoms with Gasteiger partial charge in [0, 0.05) is 35.3 Å². The predicted octanol–water partition coefficient (Wildman–Crippen LogP) is 3.40. The summed E-state index contributed by atoms with van der Waals surface area (Å²) >= 11 is 0. The van der Waals surface area contributed by atoms with Crippen LogP contribution in [0.4, 0.5) is 0 Å². The van der Waals surface area contributed by atoms with Crippen LogP contribution in [0.5, 0.6) is 5.75 Å². The molecule has 0 aliphatic carbocycles. The Kier molecular flexibility index (Phi) is 2.89. The number of benzene rings is 1. The summed E-state index contributed by atoms with van der Waals surface area (Å²) in [5, 5.41) is 7.29. The molecule has 0 radical (unpaired) electrons. The number of rotatable bonds is 3. The number of pyridine rings is 1. The van der Waals surface area contributed by atoms with Crippen LogP contribution in [0.25, 0.3) is 28.0 Å². The van der Waals surface area contributed by atoms with Gasteiger partial charge in [-0.05, 0) is 24.3 Å². The molecule has 0 aliphatic heterocycles. The van der Waals surface area contributed by atoms with E-state index in [-0.39, 0.29) is 0 Å². The van der Waals surface area contributed by atoms with Crippen LogP contribution in [0.1, 0.15) is 0 Å². The first-order valence-corrected chi connectivity index (χ1v) is 6.96. The molecule has 0 amide bonds. The van der Waals surface area contributed by atoms with E-state index in [1.165, 1.54) is 0 Å². The zero-order valence-electron chi connectivity index (χ0n) is 12.0. The van der Waals surface area contributed by atoms with Crippen molar-refractivity contribution in [3.05, 3.63) is 61.2 Å². The second-order valence-corrected chi connectivity index (χ2v) is 5.00. The fraction of sp³-hybridized carbons (Fsp3) is 0.0588. The molecule has 0 unspecified atom stereocenters. The van der Waals surface area contributed by atoms with Crippen molar-refractivity contribution in [3.63, 3.8) is 0 Å². The van der Waals surface area contributed by atoms with E-state index >= 15 is 0 Å². The molecule has 0 spiro atoms. The minimum absolute atomic E-state index is 0.822. The third-order valence-electron chi connectivity index (χ3n) is 3.70. The minimum Gasteiger partial charge on any atom is -0.497 e. The Morgan fingerprint density at radius 1 is 1.14 bits per heavy atom. The summed E-state index contributed by atoms with van der Waals surface area (Å²) in [4.78, 5) is 4.27. The molecule has 5 nitrogen and oxygen atoms in total. The van der Waals surface area contributed by atoms with Crippen LogP contribution in [-0.2, 0) is 0 Å². The molecule has 4 rings (SSSR count). The Hall–Kier alpha value is -3.08. The highest BCUT2D eigenvalue weighted by Gasteiger charge is 2.11. The van der Waals surface area contributed by atoms with Gasteiger partial charge in [-0.1, -0.05) is 12.1 Å². The van der Waals surface area contributed by atoms with Crippen molar-refractivity contribution in [2.24, 2.45) is 0 Å². The lowest BCUT2D eigenvalue weighted by Gasteiger charge is -2.06. The van der Waals surface area contributed by atoms with E-state index in [9.17, 15) is 0 Å². The summed E-state index contributed by atoms with van der Waals surface area (Å²) in [6, 6.07) is 12.0. The largest absolute Gasteiger partial charge is 0.497 e. The van der Waals surface area contributed by atoms with Gasteiger partial charge in [0.15, 0.2) is 0 Å². The Balaban J connectivity index is 1.84. The number of fused-ring (bicyclic) bond motifs is 1. The summed E-state index contributed by atoms with van der Waals surface area (Å²) in [6.07, 6.45) is 7.62. The number of hydrogen-bond donors (Lipinski definition) is 1. The molecular weight excluding hydrogens is 276 g/mol. The van der Waals surface area contributed by atoms with Crippen LogP contribution in [0.15, 0.2) is 61.2 Å². The van der Waals surface area contributed by atoms with Gasteiger partial charge in [-0.2, -0.15) is 5.10 Å². The van der Waals surface area contributed by atoms with Gasteiger partial charge in [-0.3, -0.25) is 5.10 Å². The van der Waals surface area contributed by atoms with Crippen LogP contribution < -0.4 is 4.74 Å². The van der Waals surface area contributed by atoms with Crippen LogP contribution in [-0.4, -0.2) is 26.7 Å². The number of hydrogen-bond acceptors (Lipinski definition) is 3. The van der Waals surface area contributed by atoms with E-state index in [4.69, 9.17) is 4.74 Å². The predicted molar refractivity (Wildman–Crippen MR) is 84.8 cm³/mol. The summed E-state index contributed by atoms with van der Waals surface area (Å²) in [5.74, 6) is 0.822. The van der Waals surface area contributed by atoms with Crippen LogP contribution in [0, 0.1) is 0 Å². The topological polar surface area (TPSA) is 55.2 Å². The van der Waals surface area contributed by atoms with Crippen molar-refractivity contribution >= 4 is 5.65 Å². The maximum absolute atomic E-state index is 5.30. The Morgan fingerprint density at radius 2 is 2.09 bits per heavy atom. The molecule has 1 aromatic carbocycles. The van der Waals surface area contributed by atoms with Crippen molar-refractivity contribution in [2.45, 2.75) is 0 Å². The van der Waals surface area contributed by atoms with E-state index in [1.54, 1.807) is 13.3 Å². The van der Waals surface area contributed by atoms with Crippen LogP contribution in [0.3, 0.4) is 0 Å². The quantitative estimate of drug-likeness (QED) is 0.629. The first kappa shape index (κ1) is 12.6. The SMILES string of the molecule is COc1cccc(-c2[nH]ncc2-c2ccc3nccn3c2)c1. The highest BCUT2D eigenvalue weighted by atomic mass is 16.5. The highest BCUT2D eigenvalue weighted by Crippen LogP contribution is 2.31. The lowest BCUT2D eigenvalue weighted by Crippen LogP contribution is -1.88. The second-order valence-electron chi connectivity index (χ2n) is 5.00. The highest BCUT2D eigenvalue weighted by molar-refractivity contribution is 5.80. The molecule has 0 aliphatic rings. The first-order valence-electron chi connectivity index (χ1n) is 6.96. The van der Waals surface area contributed by atoms with Gasteiger partial charge in [0.05, 0.1) is 19.0 Å². The summed E-state index contributed by atoms with van der Waals surface area (Å²) < 4.78 is 7.30. The third-order valence-corrected chi connectivity index (χ3v) is 3.70. The van der Waals surface area contributed by atoms with Gasteiger partial charge < -0.3 is 9.14 Å². The molecule has 0 saturated heterocycles. The van der Waals surface area contributed by atoms with Gasteiger partial charge in [0.1, 0.15) is 11.4 Å². The maximum atomic E-state index is 5.30. The molecular formula is C17H14N4O. The average molecular weight is 290 g/mol. The number of nitrogens with zero attached hydrogens (tertiary/aromatic N) is 3. The molecule has 108 valence electrons. The molecule has 1 N–H and O–H groups in total. The number of aromatic amines is 1. The van der Waals surface area contributed by atoms with E-state index in [0.717, 1.165) is 33.8 Å². The van der Waals surface area contributed by atoms with E-state index in [0.29, 0.717) is 0 Å². The molecule has 4 aromatic rings. The third kappa shape index (κ3) is 2.03. The van der Waals surface area contributed by atoms with Crippen molar-refractivity contribution in [3.8, 4) is 28.1 Å². The number of aromatic nitrogens is 4. The average Bonchev–Trinajstić information content (AvgIpc) is 3.23. The molecule has 5 heteroatoms. The molecule has 22 heavy (non-hydrogen) atoms. The van der Waals surface area contributed by atoms with Crippen molar-refractivity contribution < 1.29 is 4.74 Å². The Bertz CT molecular complexity index is 938. The van der Waals surface area contributed by atoms with Gasteiger partial charge in [0.2, 0.25) is 0 Å². The van der Waals surface area contributed by atoms with Gasteiger partial charge in [-0.25, -0.2) is 4.98 Å². The Morgan fingerprint density at radius 3 is 3.00 bits per heavy atom. The molecule has 3 heterocycles. The summed E-state index contributed by atoms with van der Waals surface area (Å²) in [7, 11) is 1.67. The number of H-pyrrole nitrogens is 1. The number of methoxy groups -OCH3 is 1. The van der Waals surface area contributed by atoms with Crippen molar-refractivity contribution in [1.29, 1.82) is 0 Å². The molecule has 0 saturated carbocycles. The second kappa shape index (κ2) is 5.04. The maximum Gasteiger partial charge on any atom is 0.136 e. The first-order chi connectivity index (χ1) is 10.8.